The lowest BCUT2D eigenvalue weighted by Crippen LogP contribution is -2.19. The second-order valence-corrected chi connectivity index (χ2v) is 4.27. The molecule has 1 aliphatic heterocycles. The van der Waals surface area contributed by atoms with Crippen molar-refractivity contribution in [2.75, 3.05) is 7.11 Å². The third-order valence-electron chi connectivity index (χ3n) is 3.07. The summed E-state index contributed by atoms with van der Waals surface area (Å²) in [6.07, 6.45) is 1.19. The summed E-state index contributed by atoms with van der Waals surface area (Å²) in [6.45, 7) is 2.10. The summed E-state index contributed by atoms with van der Waals surface area (Å²) in [7, 11) is 1.71. The summed E-state index contributed by atoms with van der Waals surface area (Å²) in [5, 5.41) is 2.43. The molecule has 16 heavy (non-hydrogen) atoms. The lowest BCUT2D eigenvalue weighted by molar-refractivity contribution is 0.218. The second kappa shape index (κ2) is 3.41. The molecule has 0 N–H and O–H groups in total. The van der Waals surface area contributed by atoms with E-state index in [-0.39, 0.29) is 6.10 Å². The lowest BCUT2D eigenvalue weighted by atomic mass is 9.96. The van der Waals surface area contributed by atoms with Crippen molar-refractivity contribution < 1.29 is 9.47 Å². The smallest absolute Gasteiger partial charge is 0.127 e. The van der Waals surface area contributed by atoms with E-state index in [0.29, 0.717) is 0 Å². The van der Waals surface area contributed by atoms with Gasteiger partial charge in [-0.1, -0.05) is 12.1 Å². The predicted octanol–water partition coefficient (Wildman–Crippen LogP) is 3.17. The van der Waals surface area contributed by atoms with Crippen molar-refractivity contribution >= 4 is 10.8 Å². The van der Waals surface area contributed by atoms with Gasteiger partial charge in [0.05, 0.1) is 13.2 Å². The van der Waals surface area contributed by atoms with Crippen LogP contribution in [-0.4, -0.2) is 13.2 Å². The van der Waals surface area contributed by atoms with Gasteiger partial charge in [0.25, 0.3) is 0 Å². The minimum Gasteiger partial charge on any atom is -0.497 e. The summed E-state index contributed by atoms with van der Waals surface area (Å²) in [6, 6.07) is 10.3. The molecule has 0 spiro atoms. The van der Waals surface area contributed by atoms with Crippen molar-refractivity contribution in [2.24, 2.45) is 0 Å². The maximum atomic E-state index is 5.84. The molecule has 1 aliphatic rings. The number of rotatable bonds is 1. The Morgan fingerprint density at radius 3 is 3.00 bits per heavy atom. The van der Waals surface area contributed by atoms with Crippen LogP contribution in [0.25, 0.3) is 10.8 Å². The van der Waals surface area contributed by atoms with E-state index >= 15 is 0 Å². The van der Waals surface area contributed by atoms with E-state index in [1.807, 2.05) is 12.1 Å². The first-order chi connectivity index (χ1) is 7.78. The molecule has 0 bridgehead atoms. The van der Waals surface area contributed by atoms with Crippen LogP contribution in [0.15, 0.2) is 30.3 Å². The Morgan fingerprint density at radius 2 is 2.19 bits per heavy atom. The monoisotopic (exact) mass is 214 g/mol. The SMILES string of the molecule is COc1cc2c3c(cccc3c1)OC(C)C2. The van der Waals surface area contributed by atoms with E-state index < -0.39 is 0 Å². The van der Waals surface area contributed by atoms with Crippen LogP contribution < -0.4 is 9.47 Å². The van der Waals surface area contributed by atoms with Gasteiger partial charge >= 0.3 is 0 Å². The van der Waals surface area contributed by atoms with E-state index in [4.69, 9.17) is 9.47 Å². The van der Waals surface area contributed by atoms with Crippen LogP contribution in [0.4, 0.5) is 0 Å². The molecule has 2 nitrogen and oxygen atoms in total. The zero-order valence-electron chi connectivity index (χ0n) is 9.49. The highest BCUT2D eigenvalue weighted by atomic mass is 16.5. The normalized spacial score (nSPS) is 18.2. The first-order valence-corrected chi connectivity index (χ1v) is 5.54. The molecule has 0 amide bonds. The third-order valence-corrected chi connectivity index (χ3v) is 3.07. The summed E-state index contributed by atoms with van der Waals surface area (Å²) in [5.74, 6) is 1.92. The fourth-order valence-corrected chi connectivity index (χ4v) is 2.40. The van der Waals surface area contributed by atoms with Gasteiger partial charge in [0, 0.05) is 11.8 Å². The summed E-state index contributed by atoms with van der Waals surface area (Å²) >= 11 is 0. The highest BCUT2D eigenvalue weighted by molar-refractivity contribution is 5.93. The molecular weight excluding hydrogens is 200 g/mol. The van der Waals surface area contributed by atoms with Crippen LogP contribution in [0.1, 0.15) is 12.5 Å². The molecule has 1 atom stereocenters. The van der Waals surface area contributed by atoms with Gasteiger partial charge in [-0.25, -0.2) is 0 Å². The van der Waals surface area contributed by atoms with E-state index in [9.17, 15) is 0 Å². The predicted molar refractivity (Wildman–Crippen MR) is 64.3 cm³/mol. The fraction of sp³-hybridized carbons (Fsp3) is 0.286. The van der Waals surface area contributed by atoms with Gasteiger partial charge in [0.15, 0.2) is 0 Å². The Morgan fingerprint density at radius 1 is 1.31 bits per heavy atom. The summed E-state index contributed by atoms with van der Waals surface area (Å²) in [4.78, 5) is 0. The second-order valence-electron chi connectivity index (χ2n) is 4.27. The fourth-order valence-electron chi connectivity index (χ4n) is 2.40. The van der Waals surface area contributed by atoms with Crippen molar-refractivity contribution in [1.82, 2.24) is 0 Å². The minimum atomic E-state index is 0.241. The van der Waals surface area contributed by atoms with Gasteiger partial charge in [-0.05, 0) is 36.1 Å². The minimum absolute atomic E-state index is 0.241. The van der Waals surface area contributed by atoms with Crippen molar-refractivity contribution in [3.8, 4) is 11.5 Å². The molecule has 1 unspecified atom stereocenters. The summed E-state index contributed by atoms with van der Waals surface area (Å²) < 4.78 is 11.2. The van der Waals surface area contributed by atoms with Crippen LogP contribution in [0, 0.1) is 0 Å². The van der Waals surface area contributed by atoms with Crippen molar-refractivity contribution in [3.63, 3.8) is 0 Å². The van der Waals surface area contributed by atoms with E-state index in [1.165, 1.54) is 16.3 Å². The highest BCUT2D eigenvalue weighted by Gasteiger charge is 2.19. The van der Waals surface area contributed by atoms with Crippen LogP contribution in [0.3, 0.4) is 0 Å². The maximum absolute atomic E-state index is 5.84. The standard InChI is InChI=1S/C14H14O2/c1-9-6-11-8-12(15-2)7-10-4-3-5-13(16-9)14(10)11/h3-5,7-9H,6H2,1-2H3. The first-order valence-electron chi connectivity index (χ1n) is 5.54. The lowest BCUT2D eigenvalue weighted by Gasteiger charge is -2.24. The van der Waals surface area contributed by atoms with Crippen LogP contribution in [0.2, 0.25) is 0 Å². The molecular formula is C14H14O2. The topological polar surface area (TPSA) is 18.5 Å². The van der Waals surface area contributed by atoms with E-state index in [1.54, 1.807) is 7.11 Å². The highest BCUT2D eigenvalue weighted by Crippen LogP contribution is 2.37. The van der Waals surface area contributed by atoms with Gasteiger partial charge in [0.1, 0.15) is 11.5 Å². The molecule has 2 aromatic rings. The Bertz CT molecular complexity index is 546. The molecule has 82 valence electrons. The molecule has 0 fully saturated rings. The molecule has 2 heteroatoms. The average Bonchev–Trinajstić information content (AvgIpc) is 2.28. The van der Waals surface area contributed by atoms with E-state index in [0.717, 1.165) is 17.9 Å². The van der Waals surface area contributed by atoms with Crippen LogP contribution in [0.5, 0.6) is 11.5 Å². The Balaban J connectivity index is 2.34. The van der Waals surface area contributed by atoms with Gasteiger partial charge in [-0.3, -0.25) is 0 Å². The Labute approximate surface area is 94.8 Å². The van der Waals surface area contributed by atoms with Gasteiger partial charge in [-0.2, -0.15) is 0 Å². The molecule has 0 aliphatic carbocycles. The number of hydrogen-bond acceptors (Lipinski definition) is 2. The maximum Gasteiger partial charge on any atom is 0.127 e. The molecule has 3 rings (SSSR count). The molecule has 0 saturated carbocycles. The van der Waals surface area contributed by atoms with Crippen LogP contribution in [-0.2, 0) is 6.42 Å². The number of methoxy groups -OCH3 is 1. The summed E-state index contributed by atoms with van der Waals surface area (Å²) in [5.41, 5.74) is 1.32. The quantitative estimate of drug-likeness (QED) is 0.726. The van der Waals surface area contributed by atoms with Gasteiger partial charge < -0.3 is 9.47 Å². The number of ether oxygens (including phenoxy) is 2. The molecule has 2 aromatic carbocycles. The average molecular weight is 214 g/mol. The zero-order chi connectivity index (χ0) is 11.1. The zero-order valence-corrected chi connectivity index (χ0v) is 9.49. The first kappa shape index (κ1) is 9.52. The van der Waals surface area contributed by atoms with Crippen molar-refractivity contribution in [3.05, 3.63) is 35.9 Å². The number of hydrogen-bond donors (Lipinski definition) is 0. The third kappa shape index (κ3) is 1.33. The number of benzene rings is 2. The van der Waals surface area contributed by atoms with Gasteiger partial charge in [0.2, 0.25) is 0 Å². The van der Waals surface area contributed by atoms with E-state index in [2.05, 4.69) is 25.1 Å². The molecule has 0 saturated heterocycles. The Hall–Kier alpha value is -1.70. The van der Waals surface area contributed by atoms with Crippen LogP contribution >= 0.6 is 0 Å². The van der Waals surface area contributed by atoms with Crippen molar-refractivity contribution in [2.45, 2.75) is 19.4 Å². The van der Waals surface area contributed by atoms with Crippen molar-refractivity contribution in [1.29, 1.82) is 0 Å². The molecule has 0 radical (unpaired) electrons. The Kier molecular flexibility index (Phi) is 2.03. The molecule has 0 aromatic heterocycles. The largest absolute Gasteiger partial charge is 0.497 e. The van der Waals surface area contributed by atoms with Gasteiger partial charge in [-0.15, -0.1) is 0 Å². The molecule has 1 heterocycles.